The molecule has 36 heavy (non-hydrogen) atoms. The zero-order chi connectivity index (χ0) is 25.2. The highest BCUT2D eigenvalue weighted by molar-refractivity contribution is 7.80. The number of ether oxygens (including phenoxy) is 1. The van der Waals surface area contributed by atoms with E-state index < -0.39 is 0 Å². The number of hydrogen-bond acceptors (Lipinski definition) is 4. The Bertz CT molecular complexity index is 1180. The predicted molar refractivity (Wildman–Crippen MR) is 150 cm³/mol. The highest BCUT2D eigenvalue weighted by atomic mass is 32.1. The van der Waals surface area contributed by atoms with Crippen molar-refractivity contribution in [3.63, 3.8) is 0 Å². The minimum atomic E-state index is -0.0147. The Labute approximate surface area is 220 Å². The van der Waals surface area contributed by atoms with Crippen LogP contribution in [0.4, 0.5) is 5.69 Å². The maximum atomic E-state index is 6.01. The number of hydrogen-bond donors (Lipinski definition) is 1. The van der Waals surface area contributed by atoms with Gasteiger partial charge in [-0.05, 0) is 101 Å². The molecule has 3 aromatic rings. The van der Waals surface area contributed by atoms with Crippen molar-refractivity contribution < 1.29 is 4.74 Å². The number of nitrogens with zero attached hydrogens (tertiary/aromatic N) is 4. The first kappa shape index (κ1) is 24.8. The van der Waals surface area contributed by atoms with Gasteiger partial charge in [0.1, 0.15) is 0 Å². The molecule has 5 rings (SSSR count). The zero-order valence-electron chi connectivity index (χ0n) is 21.8. The Morgan fingerprint density at radius 3 is 2.53 bits per heavy atom. The molecule has 6 nitrogen and oxygen atoms in total. The molecule has 3 atom stereocenters. The molecular weight excluding hydrogens is 466 g/mol. The van der Waals surface area contributed by atoms with Crippen LogP contribution in [-0.4, -0.2) is 51.9 Å². The van der Waals surface area contributed by atoms with E-state index in [2.05, 4.69) is 83.8 Å². The standard InChI is InChI=1S/C29H37N5OS/c1-5-32(6-2)22-12-14-23(15-13-22)34-20(3)18-25(21(34)4)28-27(26-11-7-8-16-30-26)31-29(36)33(28)19-24-10-9-17-35-24/h7-8,11-16,18,24,27-28H,5-6,9-10,17,19H2,1-4H3,(H,31,36)/t24-,27-,28-/m0/s1. The molecule has 2 aliphatic heterocycles. The van der Waals surface area contributed by atoms with Crippen LogP contribution in [0, 0.1) is 13.8 Å². The van der Waals surface area contributed by atoms with E-state index in [1.165, 1.54) is 28.3 Å². The molecule has 2 saturated heterocycles. The molecule has 0 amide bonds. The summed E-state index contributed by atoms with van der Waals surface area (Å²) in [6, 6.07) is 17.4. The van der Waals surface area contributed by atoms with Crippen molar-refractivity contribution in [2.75, 3.05) is 31.1 Å². The fourth-order valence-corrected chi connectivity index (χ4v) is 6.15. The number of thiocarbonyl (C=S) groups is 1. The van der Waals surface area contributed by atoms with Crippen LogP contribution >= 0.6 is 12.2 Å². The van der Waals surface area contributed by atoms with Crippen molar-refractivity contribution >= 4 is 23.0 Å². The van der Waals surface area contributed by atoms with Crippen molar-refractivity contribution in [1.29, 1.82) is 0 Å². The van der Waals surface area contributed by atoms with Gasteiger partial charge >= 0.3 is 0 Å². The van der Waals surface area contributed by atoms with E-state index in [0.29, 0.717) is 0 Å². The van der Waals surface area contributed by atoms with Crippen LogP contribution in [0.1, 0.15) is 61.4 Å². The van der Waals surface area contributed by atoms with Crippen LogP contribution in [-0.2, 0) is 4.74 Å². The van der Waals surface area contributed by atoms with Gasteiger partial charge in [-0.1, -0.05) is 6.07 Å². The van der Waals surface area contributed by atoms with Gasteiger partial charge < -0.3 is 24.4 Å². The smallest absolute Gasteiger partial charge is 0.170 e. The van der Waals surface area contributed by atoms with E-state index in [0.717, 1.165) is 49.9 Å². The first-order valence-electron chi connectivity index (χ1n) is 13.2. The third-order valence-electron chi connectivity index (χ3n) is 7.65. The van der Waals surface area contributed by atoms with Crippen molar-refractivity contribution in [1.82, 2.24) is 19.8 Å². The zero-order valence-corrected chi connectivity index (χ0v) is 22.6. The van der Waals surface area contributed by atoms with E-state index in [9.17, 15) is 0 Å². The van der Waals surface area contributed by atoms with Gasteiger partial charge in [0, 0.05) is 55.2 Å². The quantitative estimate of drug-likeness (QED) is 0.411. The van der Waals surface area contributed by atoms with Crippen molar-refractivity contribution in [2.45, 2.75) is 58.7 Å². The summed E-state index contributed by atoms with van der Waals surface area (Å²) in [6.07, 6.45) is 4.27. The van der Waals surface area contributed by atoms with Crippen molar-refractivity contribution in [2.24, 2.45) is 0 Å². The molecule has 2 aliphatic rings. The minimum Gasteiger partial charge on any atom is -0.376 e. The summed E-state index contributed by atoms with van der Waals surface area (Å²) < 4.78 is 8.38. The van der Waals surface area contributed by atoms with E-state index in [-0.39, 0.29) is 18.2 Å². The average Bonchev–Trinajstić information content (AvgIpc) is 3.60. The summed E-state index contributed by atoms with van der Waals surface area (Å²) in [7, 11) is 0. The van der Waals surface area contributed by atoms with Crippen LogP contribution in [0.15, 0.2) is 54.7 Å². The first-order chi connectivity index (χ1) is 17.5. The van der Waals surface area contributed by atoms with Crippen molar-refractivity contribution in [3.8, 4) is 5.69 Å². The third-order valence-corrected chi connectivity index (χ3v) is 8.00. The maximum absolute atomic E-state index is 6.01. The molecule has 4 heterocycles. The molecule has 0 bridgehead atoms. The number of pyridine rings is 1. The molecule has 0 aliphatic carbocycles. The molecule has 2 aromatic heterocycles. The van der Waals surface area contributed by atoms with E-state index in [4.69, 9.17) is 21.9 Å². The van der Waals surface area contributed by atoms with E-state index >= 15 is 0 Å². The number of benzene rings is 1. The summed E-state index contributed by atoms with van der Waals surface area (Å²) in [5.74, 6) is 0. The Kier molecular flexibility index (Phi) is 7.30. The summed E-state index contributed by atoms with van der Waals surface area (Å²) >= 11 is 5.89. The van der Waals surface area contributed by atoms with Gasteiger partial charge in [0.2, 0.25) is 0 Å². The van der Waals surface area contributed by atoms with E-state index in [1.807, 2.05) is 18.3 Å². The molecular formula is C29H37N5OS. The SMILES string of the molecule is CCN(CC)c1ccc(-n2c(C)cc([C@H]3[C@H](c4ccccn4)NC(=S)N3C[C@@H]3CCCO3)c2C)cc1. The molecule has 190 valence electrons. The number of anilines is 1. The summed E-state index contributed by atoms with van der Waals surface area (Å²) in [5, 5.41) is 4.37. The van der Waals surface area contributed by atoms with Crippen LogP contribution < -0.4 is 10.2 Å². The topological polar surface area (TPSA) is 45.6 Å². The highest BCUT2D eigenvalue weighted by Gasteiger charge is 2.42. The fraction of sp³-hybridized carbons (Fsp3) is 0.448. The normalized spacial score (nSPS) is 21.7. The minimum absolute atomic E-state index is 0.0147. The Balaban J connectivity index is 1.53. The van der Waals surface area contributed by atoms with Gasteiger partial charge in [0.25, 0.3) is 0 Å². The molecule has 0 unspecified atom stereocenters. The first-order valence-corrected chi connectivity index (χ1v) is 13.6. The maximum Gasteiger partial charge on any atom is 0.170 e. The molecule has 0 radical (unpaired) electrons. The Morgan fingerprint density at radius 1 is 1.11 bits per heavy atom. The monoisotopic (exact) mass is 503 g/mol. The summed E-state index contributed by atoms with van der Waals surface area (Å²) in [5.41, 5.74) is 7.18. The van der Waals surface area contributed by atoms with Gasteiger partial charge in [-0.3, -0.25) is 4.98 Å². The number of aryl methyl sites for hydroxylation is 1. The lowest BCUT2D eigenvalue weighted by Gasteiger charge is -2.30. The predicted octanol–water partition coefficient (Wildman–Crippen LogP) is 5.49. The molecule has 1 aromatic carbocycles. The summed E-state index contributed by atoms with van der Waals surface area (Å²) in [4.78, 5) is 9.41. The Morgan fingerprint density at radius 2 is 1.89 bits per heavy atom. The van der Waals surface area contributed by atoms with Gasteiger partial charge in [-0.25, -0.2) is 0 Å². The lowest BCUT2D eigenvalue weighted by atomic mass is 9.96. The van der Waals surface area contributed by atoms with Crippen molar-refractivity contribution in [3.05, 3.63) is 77.4 Å². The molecule has 7 heteroatoms. The highest BCUT2D eigenvalue weighted by Crippen LogP contribution is 2.42. The van der Waals surface area contributed by atoms with Gasteiger partial charge in [0.05, 0.1) is 23.9 Å². The molecule has 2 fully saturated rings. The van der Waals surface area contributed by atoms with Gasteiger partial charge in [-0.15, -0.1) is 0 Å². The third kappa shape index (κ3) is 4.62. The lowest BCUT2D eigenvalue weighted by Crippen LogP contribution is -2.36. The molecule has 1 N–H and O–H groups in total. The van der Waals surface area contributed by atoms with Crippen LogP contribution in [0.5, 0.6) is 0 Å². The largest absolute Gasteiger partial charge is 0.376 e. The Hall–Kier alpha value is -2.90. The molecule has 0 saturated carbocycles. The fourth-order valence-electron chi connectivity index (χ4n) is 5.83. The van der Waals surface area contributed by atoms with Gasteiger partial charge in [0.15, 0.2) is 5.11 Å². The lowest BCUT2D eigenvalue weighted by molar-refractivity contribution is 0.0842. The second-order valence-electron chi connectivity index (χ2n) is 9.76. The van der Waals surface area contributed by atoms with Crippen LogP contribution in [0.25, 0.3) is 5.69 Å². The summed E-state index contributed by atoms with van der Waals surface area (Å²) in [6.45, 7) is 12.5. The number of aromatic nitrogens is 2. The number of rotatable bonds is 8. The van der Waals surface area contributed by atoms with E-state index in [1.54, 1.807) is 0 Å². The van der Waals surface area contributed by atoms with Crippen LogP contribution in [0.3, 0.4) is 0 Å². The second-order valence-corrected chi connectivity index (χ2v) is 10.2. The number of nitrogens with one attached hydrogen (secondary N) is 1. The van der Waals surface area contributed by atoms with Crippen LogP contribution in [0.2, 0.25) is 0 Å². The van der Waals surface area contributed by atoms with Gasteiger partial charge in [-0.2, -0.15) is 0 Å². The molecule has 0 spiro atoms. The second kappa shape index (κ2) is 10.6. The average molecular weight is 504 g/mol.